The Morgan fingerprint density at radius 1 is 1.29 bits per heavy atom. The van der Waals surface area contributed by atoms with E-state index in [2.05, 4.69) is 27.3 Å². The number of aromatic nitrogens is 4. The second-order valence-corrected chi connectivity index (χ2v) is 4.24. The highest BCUT2D eigenvalue weighted by molar-refractivity contribution is 5.44. The summed E-state index contributed by atoms with van der Waals surface area (Å²) in [6.07, 6.45) is 6.56. The van der Waals surface area contributed by atoms with Crippen LogP contribution in [0.25, 0.3) is 5.78 Å². The van der Waals surface area contributed by atoms with Gasteiger partial charge in [0.15, 0.2) is 0 Å². The molecule has 0 saturated heterocycles. The van der Waals surface area contributed by atoms with Crippen molar-refractivity contribution in [2.45, 2.75) is 39.5 Å². The zero-order valence-electron chi connectivity index (χ0n) is 10.5. The van der Waals surface area contributed by atoms with Gasteiger partial charge in [-0.05, 0) is 13.3 Å². The monoisotopic (exact) mass is 233 g/mol. The summed E-state index contributed by atoms with van der Waals surface area (Å²) in [7, 11) is 0. The number of nitrogens with one attached hydrogen (secondary N) is 1. The van der Waals surface area contributed by atoms with Crippen LogP contribution in [0.15, 0.2) is 12.4 Å². The van der Waals surface area contributed by atoms with Crippen molar-refractivity contribution in [2.75, 3.05) is 11.9 Å². The van der Waals surface area contributed by atoms with Gasteiger partial charge < -0.3 is 5.32 Å². The van der Waals surface area contributed by atoms with Crippen LogP contribution in [0.3, 0.4) is 0 Å². The van der Waals surface area contributed by atoms with Gasteiger partial charge in [-0.15, -0.1) is 0 Å². The van der Waals surface area contributed by atoms with E-state index in [1.54, 1.807) is 4.52 Å². The summed E-state index contributed by atoms with van der Waals surface area (Å²) in [5.74, 6) is 1.63. The van der Waals surface area contributed by atoms with E-state index in [9.17, 15) is 0 Å². The average molecular weight is 233 g/mol. The highest BCUT2D eigenvalue weighted by Crippen LogP contribution is 2.10. The van der Waals surface area contributed by atoms with Gasteiger partial charge in [0.1, 0.15) is 12.1 Å². The van der Waals surface area contributed by atoms with Crippen LogP contribution in [0.5, 0.6) is 0 Å². The van der Waals surface area contributed by atoms with Crippen molar-refractivity contribution >= 4 is 11.6 Å². The molecule has 0 atom stereocenters. The Bertz CT molecular complexity index is 477. The highest BCUT2D eigenvalue weighted by Gasteiger charge is 2.04. The molecule has 2 heterocycles. The average Bonchev–Trinajstić information content (AvgIpc) is 2.76. The molecule has 0 amide bonds. The maximum absolute atomic E-state index is 4.30. The van der Waals surface area contributed by atoms with Gasteiger partial charge in [0.2, 0.25) is 0 Å². The number of unbranched alkanes of at least 4 members (excludes halogenated alkanes) is 3. The third-order valence-electron chi connectivity index (χ3n) is 2.72. The van der Waals surface area contributed by atoms with Crippen molar-refractivity contribution in [2.24, 2.45) is 0 Å². The first kappa shape index (κ1) is 11.8. The molecule has 0 aliphatic carbocycles. The Morgan fingerprint density at radius 2 is 2.18 bits per heavy atom. The van der Waals surface area contributed by atoms with Crippen molar-refractivity contribution in [3.05, 3.63) is 18.1 Å². The van der Waals surface area contributed by atoms with Crippen molar-refractivity contribution < 1.29 is 0 Å². The molecule has 0 saturated carbocycles. The number of fused-ring (bicyclic) bond motifs is 1. The Morgan fingerprint density at radius 3 is 3.00 bits per heavy atom. The first-order valence-corrected chi connectivity index (χ1v) is 6.22. The molecule has 5 nitrogen and oxygen atoms in total. The lowest BCUT2D eigenvalue weighted by Crippen LogP contribution is -2.08. The minimum Gasteiger partial charge on any atom is -0.370 e. The van der Waals surface area contributed by atoms with E-state index < -0.39 is 0 Å². The summed E-state index contributed by atoms with van der Waals surface area (Å²) in [6.45, 7) is 5.16. The molecule has 0 aliphatic heterocycles. The van der Waals surface area contributed by atoms with Crippen LogP contribution in [0.4, 0.5) is 5.82 Å². The van der Waals surface area contributed by atoms with Crippen LogP contribution >= 0.6 is 0 Å². The summed E-state index contributed by atoms with van der Waals surface area (Å²) in [4.78, 5) is 8.40. The van der Waals surface area contributed by atoms with Gasteiger partial charge in [-0.2, -0.15) is 14.6 Å². The second-order valence-electron chi connectivity index (χ2n) is 4.24. The van der Waals surface area contributed by atoms with Gasteiger partial charge in [0, 0.05) is 18.3 Å². The second kappa shape index (κ2) is 5.61. The molecule has 0 bridgehead atoms. The van der Waals surface area contributed by atoms with Crippen molar-refractivity contribution in [1.29, 1.82) is 0 Å². The first-order valence-electron chi connectivity index (χ1n) is 6.22. The van der Waals surface area contributed by atoms with Gasteiger partial charge >= 0.3 is 0 Å². The normalized spacial score (nSPS) is 10.9. The summed E-state index contributed by atoms with van der Waals surface area (Å²) in [5.41, 5.74) is 0.960. The van der Waals surface area contributed by atoms with Crippen LogP contribution in [0.2, 0.25) is 0 Å². The topological polar surface area (TPSA) is 55.1 Å². The third kappa shape index (κ3) is 2.93. The van der Waals surface area contributed by atoms with E-state index in [-0.39, 0.29) is 0 Å². The molecule has 2 rings (SSSR count). The highest BCUT2D eigenvalue weighted by atomic mass is 15.3. The SMILES string of the molecule is CCCCCCNc1cc(C)nc2ncnn12. The first-order chi connectivity index (χ1) is 8.31. The summed E-state index contributed by atoms with van der Waals surface area (Å²) in [6, 6.07) is 2.00. The standard InChI is InChI=1S/C12H19N5/c1-3-4-5-6-7-13-11-8-10(2)16-12-14-9-15-17(11)12/h8-9,13H,3-7H2,1-2H3. The fourth-order valence-corrected chi connectivity index (χ4v) is 1.82. The van der Waals surface area contributed by atoms with E-state index >= 15 is 0 Å². The third-order valence-corrected chi connectivity index (χ3v) is 2.72. The van der Waals surface area contributed by atoms with Crippen LogP contribution in [0, 0.1) is 6.92 Å². The molecule has 2 aromatic heterocycles. The fourth-order valence-electron chi connectivity index (χ4n) is 1.82. The van der Waals surface area contributed by atoms with Crippen LogP contribution < -0.4 is 5.32 Å². The minimum absolute atomic E-state index is 0.654. The van der Waals surface area contributed by atoms with Crippen LogP contribution in [-0.4, -0.2) is 26.1 Å². The van der Waals surface area contributed by atoms with E-state index in [4.69, 9.17) is 0 Å². The van der Waals surface area contributed by atoms with E-state index in [1.165, 1.54) is 32.0 Å². The molecule has 0 aromatic carbocycles. The quantitative estimate of drug-likeness (QED) is 0.778. The number of nitrogens with zero attached hydrogens (tertiary/aromatic N) is 4. The van der Waals surface area contributed by atoms with Gasteiger partial charge in [-0.3, -0.25) is 0 Å². The molecule has 92 valence electrons. The van der Waals surface area contributed by atoms with Crippen molar-refractivity contribution in [3.8, 4) is 0 Å². The van der Waals surface area contributed by atoms with Crippen LogP contribution in [0.1, 0.15) is 38.3 Å². The van der Waals surface area contributed by atoms with Crippen molar-refractivity contribution in [3.63, 3.8) is 0 Å². The fraction of sp³-hybridized carbons (Fsp3) is 0.583. The van der Waals surface area contributed by atoms with E-state index in [0.717, 1.165) is 18.1 Å². The molecular weight excluding hydrogens is 214 g/mol. The molecule has 0 aliphatic rings. The van der Waals surface area contributed by atoms with Crippen molar-refractivity contribution in [1.82, 2.24) is 19.6 Å². The molecule has 5 heteroatoms. The number of anilines is 1. The molecule has 0 fully saturated rings. The predicted octanol–water partition coefficient (Wildman–Crippen LogP) is 2.42. The molecule has 2 aromatic rings. The van der Waals surface area contributed by atoms with E-state index in [1.807, 2.05) is 13.0 Å². The van der Waals surface area contributed by atoms with Gasteiger partial charge in [0.05, 0.1) is 0 Å². The molecule has 0 radical (unpaired) electrons. The number of rotatable bonds is 6. The molecule has 17 heavy (non-hydrogen) atoms. The Balaban J connectivity index is 2.00. The molecule has 0 spiro atoms. The lowest BCUT2D eigenvalue weighted by molar-refractivity contribution is 0.683. The smallest absolute Gasteiger partial charge is 0.254 e. The summed E-state index contributed by atoms with van der Waals surface area (Å²) < 4.78 is 1.74. The maximum Gasteiger partial charge on any atom is 0.254 e. The predicted molar refractivity (Wildman–Crippen MR) is 68.2 cm³/mol. The maximum atomic E-state index is 4.30. The Labute approximate surface area is 101 Å². The number of aryl methyl sites for hydroxylation is 1. The zero-order valence-corrected chi connectivity index (χ0v) is 10.5. The van der Waals surface area contributed by atoms with Gasteiger partial charge in [0.25, 0.3) is 5.78 Å². The minimum atomic E-state index is 0.654. The largest absolute Gasteiger partial charge is 0.370 e. The number of hydrogen-bond donors (Lipinski definition) is 1. The van der Waals surface area contributed by atoms with Gasteiger partial charge in [-0.1, -0.05) is 26.2 Å². The summed E-state index contributed by atoms with van der Waals surface area (Å²) in [5, 5.41) is 7.55. The van der Waals surface area contributed by atoms with E-state index in [0.29, 0.717) is 5.78 Å². The Hall–Kier alpha value is -1.65. The van der Waals surface area contributed by atoms with Crippen LogP contribution in [-0.2, 0) is 0 Å². The zero-order chi connectivity index (χ0) is 12.1. The summed E-state index contributed by atoms with van der Waals surface area (Å²) >= 11 is 0. The molecular formula is C12H19N5. The number of hydrogen-bond acceptors (Lipinski definition) is 4. The lowest BCUT2D eigenvalue weighted by Gasteiger charge is -2.08. The Kier molecular flexibility index (Phi) is 3.90. The molecule has 1 N–H and O–H groups in total. The van der Waals surface area contributed by atoms with Gasteiger partial charge in [-0.25, -0.2) is 4.98 Å². The lowest BCUT2D eigenvalue weighted by atomic mass is 10.2. The molecule has 0 unspecified atom stereocenters.